The molecular formula is C16H25N3O3S. The number of hydrogen-bond donors (Lipinski definition) is 2. The Labute approximate surface area is 138 Å². The van der Waals surface area contributed by atoms with Crippen LogP contribution in [0.4, 0.5) is 0 Å². The fourth-order valence-electron chi connectivity index (χ4n) is 2.98. The molecule has 1 unspecified atom stereocenters. The summed E-state index contributed by atoms with van der Waals surface area (Å²) in [7, 11) is -2.20. The van der Waals surface area contributed by atoms with Gasteiger partial charge in [-0.3, -0.25) is 9.69 Å². The van der Waals surface area contributed by atoms with Gasteiger partial charge < -0.3 is 5.32 Å². The maximum atomic E-state index is 12.4. The summed E-state index contributed by atoms with van der Waals surface area (Å²) < 4.78 is 26.0. The van der Waals surface area contributed by atoms with Gasteiger partial charge in [-0.2, -0.15) is 0 Å². The Balaban J connectivity index is 2.11. The molecule has 0 saturated carbocycles. The van der Waals surface area contributed by atoms with Gasteiger partial charge in [-0.1, -0.05) is 13.0 Å². The third-order valence-electron chi connectivity index (χ3n) is 4.44. The summed E-state index contributed by atoms with van der Waals surface area (Å²) in [4.78, 5) is 14.9. The Morgan fingerprint density at radius 1 is 1.39 bits per heavy atom. The third kappa shape index (κ3) is 4.10. The highest BCUT2D eigenvalue weighted by atomic mass is 32.2. The molecular weight excluding hydrogens is 314 g/mol. The van der Waals surface area contributed by atoms with Crippen molar-refractivity contribution in [1.82, 2.24) is 14.9 Å². The minimum absolute atomic E-state index is 0.104. The molecule has 1 saturated heterocycles. The van der Waals surface area contributed by atoms with Gasteiger partial charge in [0.25, 0.3) is 5.91 Å². The number of nitrogens with one attached hydrogen (secondary N) is 2. The summed E-state index contributed by atoms with van der Waals surface area (Å²) in [6, 6.07) is 4.97. The summed E-state index contributed by atoms with van der Waals surface area (Å²) in [5.41, 5.74) is 1.17. The highest BCUT2D eigenvalue weighted by Gasteiger charge is 2.24. The highest BCUT2D eigenvalue weighted by Crippen LogP contribution is 2.17. The zero-order valence-corrected chi connectivity index (χ0v) is 14.7. The zero-order chi connectivity index (χ0) is 17.0. The molecule has 0 radical (unpaired) electrons. The van der Waals surface area contributed by atoms with E-state index in [1.807, 2.05) is 0 Å². The van der Waals surface area contributed by atoms with E-state index < -0.39 is 10.0 Å². The van der Waals surface area contributed by atoms with Crippen molar-refractivity contribution in [1.29, 1.82) is 0 Å². The number of amides is 1. The molecule has 1 aliphatic rings. The van der Waals surface area contributed by atoms with Gasteiger partial charge in [-0.15, -0.1) is 0 Å². The summed E-state index contributed by atoms with van der Waals surface area (Å²) in [5.74, 6) is -0.224. The van der Waals surface area contributed by atoms with Crippen LogP contribution >= 0.6 is 0 Å². The predicted molar refractivity (Wildman–Crippen MR) is 90.0 cm³/mol. The lowest BCUT2D eigenvalue weighted by atomic mass is 10.1. The van der Waals surface area contributed by atoms with Crippen molar-refractivity contribution in [2.75, 3.05) is 26.7 Å². The topological polar surface area (TPSA) is 78.5 Å². The first-order valence-electron chi connectivity index (χ1n) is 7.95. The Kier molecular flexibility index (Phi) is 5.78. The number of benzene rings is 1. The standard InChI is InChI=1S/C16H25N3O3S/c1-4-19-9-5-6-13(19)11-18-16(20)15-10-14(8-7-12(15)2)23(21,22)17-3/h7-8,10,13,17H,4-6,9,11H2,1-3H3,(H,18,20). The number of hydrogen-bond acceptors (Lipinski definition) is 4. The van der Waals surface area contributed by atoms with Gasteiger partial charge in [0.05, 0.1) is 4.90 Å². The number of carbonyl (C=O) groups is 1. The normalized spacial score (nSPS) is 19.0. The van der Waals surface area contributed by atoms with Crippen molar-refractivity contribution < 1.29 is 13.2 Å². The van der Waals surface area contributed by atoms with Crippen LogP contribution in [0, 0.1) is 6.92 Å². The van der Waals surface area contributed by atoms with E-state index in [2.05, 4.69) is 21.9 Å². The Bertz CT molecular complexity index is 673. The number of carbonyl (C=O) groups excluding carboxylic acids is 1. The monoisotopic (exact) mass is 339 g/mol. The van der Waals surface area contributed by atoms with Gasteiger partial charge in [0.2, 0.25) is 10.0 Å². The number of likely N-dealkylation sites (N-methyl/N-ethyl adjacent to an activating group) is 1. The van der Waals surface area contributed by atoms with Crippen LogP contribution in [0.15, 0.2) is 23.1 Å². The van der Waals surface area contributed by atoms with Crippen molar-refractivity contribution in [2.24, 2.45) is 0 Å². The van der Waals surface area contributed by atoms with Crippen molar-refractivity contribution in [3.8, 4) is 0 Å². The van der Waals surface area contributed by atoms with E-state index in [9.17, 15) is 13.2 Å². The SMILES string of the molecule is CCN1CCCC1CNC(=O)c1cc(S(=O)(=O)NC)ccc1C. The predicted octanol–water partition coefficient (Wildman–Crippen LogP) is 1.12. The first-order chi connectivity index (χ1) is 10.9. The van der Waals surface area contributed by atoms with Gasteiger partial charge >= 0.3 is 0 Å². The fraction of sp³-hybridized carbons (Fsp3) is 0.562. The van der Waals surface area contributed by atoms with Crippen molar-refractivity contribution in [3.63, 3.8) is 0 Å². The lowest BCUT2D eigenvalue weighted by Crippen LogP contribution is -2.40. The molecule has 1 aromatic carbocycles. The van der Waals surface area contributed by atoms with Crippen LogP contribution in [0.2, 0.25) is 0 Å². The average molecular weight is 339 g/mol. The summed E-state index contributed by atoms with van der Waals surface area (Å²) >= 11 is 0. The lowest BCUT2D eigenvalue weighted by Gasteiger charge is -2.23. The molecule has 0 bridgehead atoms. The average Bonchev–Trinajstić information content (AvgIpc) is 3.00. The zero-order valence-electron chi connectivity index (χ0n) is 13.9. The van der Waals surface area contributed by atoms with E-state index in [4.69, 9.17) is 0 Å². The van der Waals surface area contributed by atoms with Crippen LogP contribution in [-0.2, 0) is 10.0 Å². The Morgan fingerprint density at radius 3 is 2.78 bits per heavy atom. The summed E-state index contributed by atoms with van der Waals surface area (Å²) in [6.45, 7) is 6.57. The van der Waals surface area contributed by atoms with E-state index in [0.29, 0.717) is 18.2 Å². The molecule has 1 heterocycles. The van der Waals surface area contributed by atoms with Gasteiger partial charge in [0, 0.05) is 18.2 Å². The number of rotatable bonds is 6. The molecule has 6 nitrogen and oxygen atoms in total. The summed E-state index contributed by atoms with van der Waals surface area (Å²) in [6.07, 6.45) is 2.24. The van der Waals surface area contributed by atoms with E-state index in [1.54, 1.807) is 13.0 Å². The Morgan fingerprint density at radius 2 is 2.13 bits per heavy atom. The molecule has 1 aliphatic heterocycles. The number of sulfonamides is 1. The van der Waals surface area contributed by atoms with E-state index >= 15 is 0 Å². The van der Waals surface area contributed by atoms with Crippen LogP contribution in [0.1, 0.15) is 35.7 Å². The van der Waals surface area contributed by atoms with E-state index in [-0.39, 0.29) is 10.8 Å². The lowest BCUT2D eigenvalue weighted by molar-refractivity contribution is 0.0940. The number of likely N-dealkylation sites (tertiary alicyclic amines) is 1. The van der Waals surface area contributed by atoms with Gasteiger partial charge in [0.1, 0.15) is 0 Å². The molecule has 1 fully saturated rings. The third-order valence-corrected chi connectivity index (χ3v) is 5.85. The second kappa shape index (κ2) is 7.42. The molecule has 0 aromatic heterocycles. The number of nitrogens with zero attached hydrogens (tertiary/aromatic N) is 1. The molecule has 0 spiro atoms. The molecule has 128 valence electrons. The van der Waals surface area contributed by atoms with Crippen LogP contribution in [0.3, 0.4) is 0 Å². The quantitative estimate of drug-likeness (QED) is 0.814. The van der Waals surface area contributed by atoms with Crippen molar-refractivity contribution >= 4 is 15.9 Å². The maximum absolute atomic E-state index is 12.4. The van der Waals surface area contributed by atoms with E-state index in [1.165, 1.54) is 19.2 Å². The first-order valence-corrected chi connectivity index (χ1v) is 9.43. The van der Waals surface area contributed by atoms with Crippen LogP contribution in [0.25, 0.3) is 0 Å². The minimum Gasteiger partial charge on any atom is -0.350 e. The van der Waals surface area contributed by atoms with Gasteiger partial charge in [-0.05, 0) is 57.6 Å². The van der Waals surface area contributed by atoms with Crippen LogP contribution in [0.5, 0.6) is 0 Å². The smallest absolute Gasteiger partial charge is 0.251 e. The molecule has 1 atom stereocenters. The van der Waals surface area contributed by atoms with Crippen LogP contribution in [-0.4, -0.2) is 51.9 Å². The van der Waals surface area contributed by atoms with Gasteiger partial charge in [-0.25, -0.2) is 13.1 Å². The van der Waals surface area contributed by atoms with Crippen molar-refractivity contribution in [3.05, 3.63) is 29.3 Å². The fourth-order valence-corrected chi connectivity index (χ4v) is 3.74. The van der Waals surface area contributed by atoms with Crippen LogP contribution < -0.4 is 10.0 Å². The molecule has 2 N–H and O–H groups in total. The number of aryl methyl sites for hydroxylation is 1. The summed E-state index contributed by atoms with van der Waals surface area (Å²) in [5, 5.41) is 2.95. The second-order valence-corrected chi connectivity index (χ2v) is 7.71. The Hall–Kier alpha value is -1.44. The minimum atomic E-state index is -3.55. The highest BCUT2D eigenvalue weighted by molar-refractivity contribution is 7.89. The first kappa shape index (κ1) is 17.9. The molecule has 23 heavy (non-hydrogen) atoms. The molecule has 1 aromatic rings. The van der Waals surface area contributed by atoms with Crippen molar-refractivity contribution in [2.45, 2.75) is 37.6 Å². The largest absolute Gasteiger partial charge is 0.350 e. The molecule has 2 rings (SSSR count). The van der Waals surface area contributed by atoms with Gasteiger partial charge in [0.15, 0.2) is 0 Å². The maximum Gasteiger partial charge on any atom is 0.251 e. The second-order valence-electron chi connectivity index (χ2n) is 5.82. The molecule has 1 amide bonds. The molecule has 7 heteroatoms. The van der Waals surface area contributed by atoms with E-state index in [0.717, 1.165) is 31.5 Å². The molecule has 0 aliphatic carbocycles.